The number of carbonyl (C=O) groups is 1. The Labute approximate surface area is 137 Å². The zero-order valence-electron chi connectivity index (χ0n) is 13.4. The Morgan fingerprint density at radius 2 is 2.21 bits per heavy atom. The van der Waals surface area contributed by atoms with E-state index in [4.69, 9.17) is 5.73 Å². The first kappa shape index (κ1) is 15.9. The van der Waals surface area contributed by atoms with E-state index in [1.54, 1.807) is 12.3 Å². The lowest BCUT2D eigenvalue weighted by Crippen LogP contribution is -2.18. The molecule has 1 aromatic carbocycles. The molecule has 3 N–H and O–H groups in total. The Hall–Kier alpha value is -2.97. The standard InChI is InChI=1S/C15H18FN7O/c1-9(2)23-13-5-10(16)3-4-12(13)19-15(23)18-6-11-7-22(21-20-11)8-14(17)24/h3-5,7,9H,6,8H2,1-2H3,(H2,17,24)(H,18,19). The molecule has 0 unspecified atom stereocenters. The van der Waals surface area contributed by atoms with Gasteiger partial charge in [0.05, 0.1) is 23.8 Å². The smallest absolute Gasteiger partial charge is 0.239 e. The number of nitrogens with zero attached hydrogens (tertiary/aromatic N) is 5. The van der Waals surface area contributed by atoms with Crippen LogP contribution >= 0.6 is 0 Å². The fourth-order valence-electron chi connectivity index (χ4n) is 2.54. The molecule has 2 heterocycles. The zero-order chi connectivity index (χ0) is 17.3. The van der Waals surface area contributed by atoms with Crippen LogP contribution in [-0.2, 0) is 17.9 Å². The normalized spacial score (nSPS) is 11.3. The molecule has 0 atom stereocenters. The first-order valence-corrected chi connectivity index (χ1v) is 7.52. The van der Waals surface area contributed by atoms with E-state index in [0.717, 1.165) is 5.52 Å². The molecule has 0 aliphatic rings. The summed E-state index contributed by atoms with van der Waals surface area (Å²) < 4.78 is 16.8. The Morgan fingerprint density at radius 1 is 1.42 bits per heavy atom. The minimum atomic E-state index is -0.483. The van der Waals surface area contributed by atoms with Gasteiger partial charge >= 0.3 is 0 Å². The lowest BCUT2D eigenvalue weighted by molar-refractivity contribution is -0.118. The number of amides is 1. The molecule has 0 bridgehead atoms. The molecule has 3 aromatic rings. The van der Waals surface area contributed by atoms with Crippen LogP contribution < -0.4 is 11.1 Å². The summed E-state index contributed by atoms with van der Waals surface area (Å²) in [5.41, 5.74) is 7.20. The van der Waals surface area contributed by atoms with Gasteiger partial charge in [0.2, 0.25) is 11.9 Å². The predicted octanol–water partition coefficient (Wildman–Crippen LogP) is 1.45. The van der Waals surface area contributed by atoms with Crippen molar-refractivity contribution in [1.82, 2.24) is 24.5 Å². The maximum Gasteiger partial charge on any atom is 0.239 e. The van der Waals surface area contributed by atoms with Gasteiger partial charge in [0.25, 0.3) is 0 Å². The predicted molar refractivity (Wildman–Crippen MR) is 86.6 cm³/mol. The minimum Gasteiger partial charge on any atom is -0.368 e. The number of hydrogen-bond donors (Lipinski definition) is 2. The number of fused-ring (bicyclic) bond motifs is 1. The summed E-state index contributed by atoms with van der Waals surface area (Å²) in [6.07, 6.45) is 1.64. The van der Waals surface area contributed by atoms with Crippen molar-refractivity contribution >= 4 is 22.9 Å². The van der Waals surface area contributed by atoms with Gasteiger partial charge in [-0.3, -0.25) is 4.79 Å². The highest BCUT2D eigenvalue weighted by Crippen LogP contribution is 2.25. The molecule has 0 radical (unpaired) electrons. The van der Waals surface area contributed by atoms with Crippen LogP contribution in [0.3, 0.4) is 0 Å². The highest BCUT2D eigenvalue weighted by Gasteiger charge is 2.14. The topological polar surface area (TPSA) is 104 Å². The summed E-state index contributed by atoms with van der Waals surface area (Å²) in [6, 6.07) is 4.61. The van der Waals surface area contributed by atoms with Crippen LogP contribution in [0.1, 0.15) is 25.6 Å². The number of anilines is 1. The number of nitrogens with one attached hydrogen (secondary N) is 1. The molecule has 0 saturated carbocycles. The molecule has 0 aliphatic carbocycles. The second-order valence-corrected chi connectivity index (χ2v) is 5.76. The quantitative estimate of drug-likeness (QED) is 0.711. The van der Waals surface area contributed by atoms with Gasteiger partial charge in [0, 0.05) is 6.04 Å². The number of imidazole rings is 1. The largest absolute Gasteiger partial charge is 0.368 e. The molecule has 9 heteroatoms. The van der Waals surface area contributed by atoms with Crippen LogP contribution in [0.2, 0.25) is 0 Å². The average molecular weight is 331 g/mol. The molecular weight excluding hydrogens is 313 g/mol. The number of aromatic nitrogens is 5. The van der Waals surface area contributed by atoms with Gasteiger partial charge in [-0.25, -0.2) is 14.1 Å². The maximum atomic E-state index is 13.5. The Kier molecular flexibility index (Phi) is 4.15. The van der Waals surface area contributed by atoms with Crippen molar-refractivity contribution in [2.75, 3.05) is 5.32 Å². The molecule has 24 heavy (non-hydrogen) atoms. The summed E-state index contributed by atoms with van der Waals surface area (Å²) in [5, 5.41) is 11.0. The van der Waals surface area contributed by atoms with E-state index in [1.807, 2.05) is 18.4 Å². The van der Waals surface area contributed by atoms with E-state index < -0.39 is 5.91 Å². The Balaban J connectivity index is 1.83. The van der Waals surface area contributed by atoms with E-state index in [9.17, 15) is 9.18 Å². The van der Waals surface area contributed by atoms with E-state index in [-0.39, 0.29) is 18.4 Å². The molecule has 0 aliphatic heterocycles. The van der Waals surface area contributed by atoms with Gasteiger partial charge in [-0.2, -0.15) is 0 Å². The first-order chi connectivity index (χ1) is 11.4. The summed E-state index contributed by atoms with van der Waals surface area (Å²) in [5.74, 6) is -0.164. The minimum absolute atomic E-state index is 0.0171. The molecule has 3 rings (SSSR count). The van der Waals surface area contributed by atoms with Crippen molar-refractivity contribution in [1.29, 1.82) is 0 Å². The van der Waals surface area contributed by atoms with Crippen molar-refractivity contribution in [2.24, 2.45) is 5.73 Å². The third-order valence-corrected chi connectivity index (χ3v) is 3.50. The number of carbonyl (C=O) groups excluding carboxylic acids is 1. The van der Waals surface area contributed by atoms with Crippen molar-refractivity contribution < 1.29 is 9.18 Å². The lowest BCUT2D eigenvalue weighted by atomic mass is 10.3. The van der Waals surface area contributed by atoms with Crippen molar-refractivity contribution in [3.63, 3.8) is 0 Å². The van der Waals surface area contributed by atoms with E-state index >= 15 is 0 Å². The Morgan fingerprint density at radius 3 is 2.92 bits per heavy atom. The highest BCUT2D eigenvalue weighted by molar-refractivity contribution is 5.79. The number of hydrogen-bond acceptors (Lipinski definition) is 5. The van der Waals surface area contributed by atoms with Crippen molar-refractivity contribution in [3.8, 4) is 0 Å². The molecule has 0 saturated heterocycles. The molecule has 8 nitrogen and oxygen atoms in total. The number of nitrogens with two attached hydrogens (primary N) is 1. The molecule has 2 aromatic heterocycles. The number of halogens is 1. The molecule has 0 fully saturated rings. The van der Waals surface area contributed by atoms with Crippen LogP contribution in [0.5, 0.6) is 0 Å². The fourth-order valence-corrected chi connectivity index (χ4v) is 2.54. The van der Waals surface area contributed by atoms with Crippen LogP contribution in [0.4, 0.5) is 10.3 Å². The van der Waals surface area contributed by atoms with Gasteiger partial charge in [0.1, 0.15) is 18.1 Å². The fraction of sp³-hybridized carbons (Fsp3) is 0.333. The Bertz CT molecular complexity index is 883. The highest BCUT2D eigenvalue weighted by atomic mass is 19.1. The van der Waals surface area contributed by atoms with Crippen LogP contribution in [0.25, 0.3) is 11.0 Å². The zero-order valence-corrected chi connectivity index (χ0v) is 13.4. The monoisotopic (exact) mass is 331 g/mol. The van der Waals surface area contributed by atoms with E-state index in [0.29, 0.717) is 23.7 Å². The van der Waals surface area contributed by atoms with Crippen molar-refractivity contribution in [2.45, 2.75) is 33.0 Å². The SMILES string of the molecule is CC(C)n1c(NCc2cn(CC(N)=O)nn2)nc2ccc(F)cc21. The van der Waals surface area contributed by atoms with Gasteiger partial charge in [-0.05, 0) is 32.0 Å². The van der Waals surface area contributed by atoms with E-state index in [2.05, 4.69) is 20.6 Å². The summed E-state index contributed by atoms with van der Waals surface area (Å²) >= 11 is 0. The first-order valence-electron chi connectivity index (χ1n) is 7.52. The maximum absolute atomic E-state index is 13.5. The van der Waals surface area contributed by atoms with Crippen LogP contribution in [0, 0.1) is 5.82 Å². The van der Waals surface area contributed by atoms with Crippen molar-refractivity contribution in [3.05, 3.63) is 35.9 Å². The second kappa shape index (κ2) is 6.26. The summed E-state index contributed by atoms with van der Waals surface area (Å²) in [7, 11) is 0. The third kappa shape index (κ3) is 3.19. The molecule has 1 amide bonds. The summed E-state index contributed by atoms with van der Waals surface area (Å²) in [6.45, 7) is 4.36. The molecule has 0 spiro atoms. The number of benzene rings is 1. The van der Waals surface area contributed by atoms with E-state index in [1.165, 1.54) is 16.8 Å². The number of rotatable bonds is 6. The third-order valence-electron chi connectivity index (χ3n) is 3.50. The summed E-state index contributed by atoms with van der Waals surface area (Å²) in [4.78, 5) is 15.4. The number of primary amides is 1. The van der Waals surface area contributed by atoms with Gasteiger partial charge < -0.3 is 15.6 Å². The second-order valence-electron chi connectivity index (χ2n) is 5.76. The van der Waals surface area contributed by atoms with Gasteiger partial charge in [-0.15, -0.1) is 5.10 Å². The average Bonchev–Trinajstić information content (AvgIpc) is 3.07. The van der Waals surface area contributed by atoms with Gasteiger partial charge in [-0.1, -0.05) is 5.21 Å². The van der Waals surface area contributed by atoms with Crippen LogP contribution in [0.15, 0.2) is 24.4 Å². The lowest BCUT2D eigenvalue weighted by Gasteiger charge is -2.13. The molecule has 126 valence electrons. The molecular formula is C15H18FN7O. The van der Waals surface area contributed by atoms with Crippen LogP contribution in [-0.4, -0.2) is 30.5 Å². The van der Waals surface area contributed by atoms with Gasteiger partial charge in [0.15, 0.2) is 0 Å².